The first kappa shape index (κ1) is 14.8. The van der Waals surface area contributed by atoms with Crippen molar-refractivity contribution >= 4 is 34.2 Å². The van der Waals surface area contributed by atoms with Crippen LogP contribution < -0.4 is 0 Å². The van der Waals surface area contributed by atoms with Crippen LogP contribution in [0.2, 0.25) is 5.02 Å². The maximum Gasteiger partial charge on any atom is 0.129 e. The molecule has 0 saturated carbocycles. The molecule has 0 saturated heterocycles. The number of aliphatic hydroxyl groups is 1. The first-order chi connectivity index (χ1) is 8.90. The predicted molar refractivity (Wildman–Crippen MR) is 84.1 cm³/mol. The Morgan fingerprint density at radius 1 is 1.21 bits per heavy atom. The molecule has 1 nitrogen and oxygen atoms in total. The minimum atomic E-state index is -1.00. The Morgan fingerprint density at radius 3 is 2.47 bits per heavy atom. The Hall–Kier alpha value is -0.650. The molecule has 2 aromatic carbocycles. The van der Waals surface area contributed by atoms with Crippen molar-refractivity contribution in [3.05, 3.63) is 67.0 Å². The molecule has 0 fully saturated rings. The van der Waals surface area contributed by atoms with Gasteiger partial charge in [-0.1, -0.05) is 23.7 Å². The van der Waals surface area contributed by atoms with Crippen LogP contribution in [0.15, 0.2) is 30.3 Å². The van der Waals surface area contributed by atoms with Gasteiger partial charge in [-0.05, 0) is 71.3 Å². The zero-order chi connectivity index (χ0) is 14.2. The summed E-state index contributed by atoms with van der Waals surface area (Å²) in [5.74, 6) is -0.389. The highest BCUT2D eigenvalue weighted by Crippen LogP contribution is 2.30. The summed E-state index contributed by atoms with van der Waals surface area (Å²) in [4.78, 5) is 0. The molecule has 0 spiro atoms. The number of benzene rings is 2. The average Bonchev–Trinajstić information content (AvgIpc) is 2.31. The normalized spacial score (nSPS) is 12.5. The van der Waals surface area contributed by atoms with Gasteiger partial charge in [0.15, 0.2) is 0 Å². The van der Waals surface area contributed by atoms with Crippen LogP contribution in [0, 0.1) is 23.2 Å². The van der Waals surface area contributed by atoms with Gasteiger partial charge in [0, 0.05) is 9.13 Å². The van der Waals surface area contributed by atoms with Crippen molar-refractivity contribution < 1.29 is 9.50 Å². The largest absolute Gasteiger partial charge is 0.384 e. The summed E-state index contributed by atoms with van der Waals surface area (Å²) in [5.41, 5.74) is 2.48. The quantitative estimate of drug-likeness (QED) is 0.732. The lowest BCUT2D eigenvalue weighted by atomic mass is 9.95. The Kier molecular flexibility index (Phi) is 4.48. The number of rotatable bonds is 2. The van der Waals surface area contributed by atoms with Crippen LogP contribution in [0.1, 0.15) is 28.4 Å². The molecule has 0 aliphatic carbocycles. The monoisotopic (exact) mass is 390 g/mol. The average molecular weight is 391 g/mol. The standard InChI is InChI=1S/C15H13ClFIO/c1-8-5-9(2)14(12(17)6-8)15(19)10-3-4-13(18)11(16)7-10/h3-7,15,19H,1-2H3. The van der Waals surface area contributed by atoms with E-state index in [0.29, 0.717) is 16.1 Å². The van der Waals surface area contributed by atoms with Gasteiger partial charge in [-0.2, -0.15) is 0 Å². The summed E-state index contributed by atoms with van der Waals surface area (Å²) in [6.45, 7) is 3.62. The molecule has 0 aliphatic rings. The lowest BCUT2D eigenvalue weighted by molar-refractivity contribution is 0.214. The van der Waals surface area contributed by atoms with E-state index < -0.39 is 6.10 Å². The lowest BCUT2D eigenvalue weighted by Crippen LogP contribution is -2.06. The fourth-order valence-electron chi connectivity index (χ4n) is 2.12. The molecule has 0 heterocycles. The second kappa shape index (κ2) is 5.77. The molecule has 2 aromatic rings. The van der Waals surface area contributed by atoms with Crippen molar-refractivity contribution in [2.75, 3.05) is 0 Å². The summed E-state index contributed by atoms with van der Waals surface area (Å²) in [6, 6.07) is 8.53. The van der Waals surface area contributed by atoms with E-state index in [-0.39, 0.29) is 5.82 Å². The van der Waals surface area contributed by atoms with Gasteiger partial charge in [-0.25, -0.2) is 4.39 Å². The predicted octanol–water partition coefficient (Wildman–Crippen LogP) is 4.78. The van der Waals surface area contributed by atoms with Gasteiger partial charge < -0.3 is 5.11 Å². The number of halogens is 3. The third-order valence-corrected chi connectivity index (χ3v) is 4.59. The maximum atomic E-state index is 14.0. The topological polar surface area (TPSA) is 20.2 Å². The first-order valence-corrected chi connectivity index (χ1v) is 7.25. The molecule has 0 amide bonds. The van der Waals surface area contributed by atoms with Gasteiger partial charge in [-0.15, -0.1) is 0 Å². The zero-order valence-corrected chi connectivity index (χ0v) is 13.5. The van der Waals surface area contributed by atoms with Crippen LogP contribution in [-0.4, -0.2) is 5.11 Å². The van der Waals surface area contributed by atoms with Crippen LogP contribution in [-0.2, 0) is 0 Å². The van der Waals surface area contributed by atoms with E-state index in [2.05, 4.69) is 22.6 Å². The summed E-state index contributed by atoms with van der Waals surface area (Å²) in [6.07, 6.45) is -1.00. The van der Waals surface area contributed by atoms with Crippen molar-refractivity contribution in [3.63, 3.8) is 0 Å². The van der Waals surface area contributed by atoms with Crippen LogP contribution >= 0.6 is 34.2 Å². The molecular weight excluding hydrogens is 378 g/mol. The molecule has 100 valence electrons. The molecule has 0 aliphatic heterocycles. The van der Waals surface area contributed by atoms with Crippen molar-refractivity contribution in [1.82, 2.24) is 0 Å². The van der Waals surface area contributed by atoms with Crippen LogP contribution in [0.4, 0.5) is 4.39 Å². The second-order valence-electron chi connectivity index (χ2n) is 4.55. The van der Waals surface area contributed by atoms with Crippen LogP contribution in [0.3, 0.4) is 0 Å². The number of aryl methyl sites for hydroxylation is 2. The summed E-state index contributed by atoms with van der Waals surface area (Å²) in [5, 5.41) is 10.9. The molecule has 0 aromatic heterocycles. The highest BCUT2D eigenvalue weighted by molar-refractivity contribution is 14.1. The molecular formula is C15H13ClFIO. The zero-order valence-electron chi connectivity index (χ0n) is 10.5. The minimum absolute atomic E-state index is 0.308. The van der Waals surface area contributed by atoms with Gasteiger partial charge in [0.05, 0.1) is 5.02 Å². The third kappa shape index (κ3) is 3.09. The van der Waals surface area contributed by atoms with E-state index in [1.807, 2.05) is 19.1 Å². The van der Waals surface area contributed by atoms with Gasteiger partial charge in [-0.3, -0.25) is 0 Å². The van der Waals surface area contributed by atoms with Gasteiger partial charge in [0.2, 0.25) is 0 Å². The van der Waals surface area contributed by atoms with E-state index in [1.165, 1.54) is 6.07 Å². The molecule has 1 atom stereocenters. The van der Waals surface area contributed by atoms with E-state index >= 15 is 0 Å². The lowest BCUT2D eigenvalue weighted by Gasteiger charge is -2.16. The molecule has 19 heavy (non-hydrogen) atoms. The highest BCUT2D eigenvalue weighted by atomic mass is 127. The Balaban J connectivity index is 2.49. The highest BCUT2D eigenvalue weighted by Gasteiger charge is 2.18. The number of aliphatic hydroxyl groups excluding tert-OH is 1. The summed E-state index contributed by atoms with van der Waals surface area (Å²) in [7, 11) is 0. The van der Waals surface area contributed by atoms with Crippen molar-refractivity contribution in [2.24, 2.45) is 0 Å². The minimum Gasteiger partial charge on any atom is -0.384 e. The number of hydrogen-bond acceptors (Lipinski definition) is 1. The van der Waals surface area contributed by atoms with Crippen LogP contribution in [0.5, 0.6) is 0 Å². The van der Waals surface area contributed by atoms with E-state index in [4.69, 9.17) is 11.6 Å². The van der Waals surface area contributed by atoms with Gasteiger partial charge in [0.1, 0.15) is 11.9 Å². The maximum absolute atomic E-state index is 14.0. The molecule has 1 unspecified atom stereocenters. The van der Waals surface area contributed by atoms with Gasteiger partial charge >= 0.3 is 0 Å². The molecule has 0 radical (unpaired) electrons. The first-order valence-electron chi connectivity index (χ1n) is 5.80. The second-order valence-corrected chi connectivity index (χ2v) is 6.12. The van der Waals surface area contributed by atoms with E-state index in [0.717, 1.165) is 14.7 Å². The molecule has 0 bridgehead atoms. The Morgan fingerprint density at radius 2 is 1.89 bits per heavy atom. The fourth-order valence-corrected chi connectivity index (χ4v) is 2.65. The van der Waals surface area contributed by atoms with E-state index in [9.17, 15) is 9.50 Å². The summed E-state index contributed by atoms with van der Waals surface area (Å²) >= 11 is 8.15. The molecule has 1 N–H and O–H groups in total. The number of hydrogen-bond donors (Lipinski definition) is 1. The Labute approximate surface area is 130 Å². The smallest absolute Gasteiger partial charge is 0.129 e. The Bertz CT molecular complexity index is 605. The molecule has 4 heteroatoms. The third-order valence-electron chi connectivity index (χ3n) is 3.01. The summed E-state index contributed by atoms with van der Waals surface area (Å²) < 4.78 is 14.9. The van der Waals surface area contributed by atoms with E-state index in [1.54, 1.807) is 19.1 Å². The molecule has 2 rings (SSSR count). The van der Waals surface area contributed by atoms with Crippen molar-refractivity contribution in [3.8, 4) is 0 Å². The van der Waals surface area contributed by atoms with Gasteiger partial charge in [0.25, 0.3) is 0 Å². The SMILES string of the molecule is Cc1cc(C)c(C(O)c2ccc(I)c(Cl)c2)c(F)c1. The van der Waals surface area contributed by atoms with Crippen molar-refractivity contribution in [1.29, 1.82) is 0 Å². The van der Waals surface area contributed by atoms with Crippen LogP contribution in [0.25, 0.3) is 0 Å². The van der Waals surface area contributed by atoms with Crippen molar-refractivity contribution in [2.45, 2.75) is 20.0 Å². The fraction of sp³-hybridized carbons (Fsp3) is 0.200.